The Hall–Kier alpha value is -1.85. The Labute approximate surface area is 148 Å². The first-order valence-electron chi connectivity index (χ1n) is 9.25. The zero-order valence-electron chi connectivity index (χ0n) is 14.9. The van der Waals surface area contributed by atoms with Gasteiger partial charge in [-0.1, -0.05) is 0 Å². The van der Waals surface area contributed by atoms with Crippen LogP contribution in [-0.4, -0.2) is 62.1 Å². The number of nitrogens with zero attached hydrogens (tertiary/aromatic N) is 2. The highest BCUT2D eigenvalue weighted by Crippen LogP contribution is 2.30. The molecule has 25 heavy (non-hydrogen) atoms. The van der Waals surface area contributed by atoms with Gasteiger partial charge in [0, 0.05) is 50.8 Å². The van der Waals surface area contributed by atoms with E-state index in [4.69, 9.17) is 9.15 Å². The van der Waals surface area contributed by atoms with Crippen molar-refractivity contribution in [1.82, 2.24) is 9.80 Å². The third kappa shape index (κ3) is 3.44. The summed E-state index contributed by atoms with van der Waals surface area (Å²) in [6.07, 6.45) is 5.72. The first-order chi connectivity index (χ1) is 12.2. The summed E-state index contributed by atoms with van der Waals surface area (Å²) in [4.78, 5) is 17.0. The number of hydrogen-bond donors (Lipinski definition) is 0. The van der Waals surface area contributed by atoms with Crippen molar-refractivity contribution in [2.45, 2.75) is 25.7 Å². The number of fused-ring (bicyclic) bond motifs is 2. The molecule has 0 saturated carbocycles. The van der Waals surface area contributed by atoms with Gasteiger partial charge in [0.1, 0.15) is 5.58 Å². The SMILES string of the molecule is COCCN1CCN(C(=O)Cc2coc3cc4c(cc23)CCC4)CC1. The maximum atomic E-state index is 12.7. The van der Waals surface area contributed by atoms with Crippen molar-refractivity contribution in [2.75, 3.05) is 46.4 Å². The number of carbonyl (C=O) groups is 1. The highest BCUT2D eigenvalue weighted by atomic mass is 16.5. The summed E-state index contributed by atoms with van der Waals surface area (Å²) in [6, 6.07) is 4.41. The first-order valence-corrected chi connectivity index (χ1v) is 9.25. The Morgan fingerprint density at radius 2 is 1.92 bits per heavy atom. The van der Waals surface area contributed by atoms with E-state index in [1.54, 1.807) is 13.4 Å². The van der Waals surface area contributed by atoms with Gasteiger partial charge in [0.05, 0.1) is 19.3 Å². The van der Waals surface area contributed by atoms with Crippen LogP contribution in [0, 0.1) is 0 Å². The third-order valence-corrected chi connectivity index (χ3v) is 5.55. The summed E-state index contributed by atoms with van der Waals surface area (Å²) in [5.41, 5.74) is 4.78. The lowest BCUT2D eigenvalue weighted by Gasteiger charge is -2.34. The number of amides is 1. The van der Waals surface area contributed by atoms with Gasteiger partial charge >= 0.3 is 0 Å². The fourth-order valence-corrected chi connectivity index (χ4v) is 4.00. The van der Waals surface area contributed by atoms with Crippen LogP contribution in [0.25, 0.3) is 11.0 Å². The number of carbonyl (C=O) groups excluding carboxylic acids is 1. The molecule has 5 heteroatoms. The molecule has 2 aromatic rings. The maximum Gasteiger partial charge on any atom is 0.227 e. The molecule has 1 fully saturated rings. The highest BCUT2D eigenvalue weighted by Gasteiger charge is 2.23. The van der Waals surface area contributed by atoms with E-state index >= 15 is 0 Å². The van der Waals surface area contributed by atoms with Crippen LogP contribution < -0.4 is 0 Å². The van der Waals surface area contributed by atoms with E-state index in [0.29, 0.717) is 6.42 Å². The highest BCUT2D eigenvalue weighted by molar-refractivity contribution is 5.88. The van der Waals surface area contributed by atoms with Gasteiger partial charge in [0.15, 0.2) is 0 Å². The van der Waals surface area contributed by atoms with Crippen molar-refractivity contribution < 1.29 is 13.9 Å². The Morgan fingerprint density at radius 3 is 2.68 bits per heavy atom. The number of benzene rings is 1. The molecule has 1 aliphatic heterocycles. The van der Waals surface area contributed by atoms with Gasteiger partial charge in [-0.2, -0.15) is 0 Å². The van der Waals surface area contributed by atoms with Crippen LogP contribution in [0.4, 0.5) is 0 Å². The van der Waals surface area contributed by atoms with Gasteiger partial charge in [0.25, 0.3) is 0 Å². The molecule has 1 aromatic heterocycles. The molecule has 2 heterocycles. The number of hydrogen-bond acceptors (Lipinski definition) is 4. The molecule has 0 radical (unpaired) electrons. The summed E-state index contributed by atoms with van der Waals surface area (Å²) in [5.74, 6) is 0.203. The summed E-state index contributed by atoms with van der Waals surface area (Å²) in [5, 5.41) is 1.12. The van der Waals surface area contributed by atoms with E-state index in [1.165, 1.54) is 17.5 Å². The fraction of sp³-hybridized carbons (Fsp3) is 0.550. The average Bonchev–Trinajstić information content (AvgIpc) is 3.25. The van der Waals surface area contributed by atoms with Gasteiger partial charge in [-0.25, -0.2) is 0 Å². The van der Waals surface area contributed by atoms with Crippen molar-refractivity contribution >= 4 is 16.9 Å². The molecule has 1 amide bonds. The lowest BCUT2D eigenvalue weighted by molar-refractivity contribution is -0.132. The predicted octanol–water partition coefficient (Wildman–Crippen LogP) is 2.25. The number of ether oxygens (including phenoxy) is 1. The minimum Gasteiger partial charge on any atom is -0.464 e. The van der Waals surface area contributed by atoms with Gasteiger partial charge < -0.3 is 14.1 Å². The number of piperazine rings is 1. The minimum absolute atomic E-state index is 0.203. The topological polar surface area (TPSA) is 45.9 Å². The van der Waals surface area contributed by atoms with Crippen LogP contribution in [0.2, 0.25) is 0 Å². The maximum absolute atomic E-state index is 12.7. The van der Waals surface area contributed by atoms with Crippen LogP contribution in [0.3, 0.4) is 0 Å². The summed E-state index contributed by atoms with van der Waals surface area (Å²) in [7, 11) is 1.73. The standard InChI is InChI=1S/C20H26N2O3/c1-24-10-9-21-5-7-22(8-6-21)20(23)13-17-14-25-19-12-16-4-2-3-15(16)11-18(17)19/h11-12,14H,2-10,13H2,1H3. The van der Waals surface area contributed by atoms with Crippen molar-refractivity contribution in [3.63, 3.8) is 0 Å². The number of furan rings is 1. The normalized spacial score (nSPS) is 18.0. The molecular weight excluding hydrogens is 316 g/mol. The lowest BCUT2D eigenvalue weighted by Crippen LogP contribution is -2.49. The van der Waals surface area contributed by atoms with Crippen LogP contribution in [0.5, 0.6) is 0 Å². The van der Waals surface area contributed by atoms with Crippen LogP contribution in [0.1, 0.15) is 23.1 Å². The Balaban J connectivity index is 1.41. The predicted molar refractivity (Wildman–Crippen MR) is 96.8 cm³/mol. The fourth-order valence-electron chi connectivity index (χ4n) is 4.00. The smallest absolute Gasteiger partial charge is 0.227 e. The minimum atomic E-state index is 0.203. The molecule has 0 atom stereocenters. The second kappa shape index (κ2) is 7.18. The quantitative estimate of drug-likeness (QED) is 0.836. The Bertz CT molecular complexity index is 760. The van der Waals surface area contributed by atoms with E-state index in [1.807, 2.05) is 4.90 Å². The molecule has 134 valence electrons. The molecule has 2 aliphatic rings. The molecule has 0 spiro atoms. The molecule has 0 bridgehead atoms. The molecule has 4 rings (SSSR count). The molecule has 0 N–H and O–H groups in total. The summed E-state index contributed by atoms with van der Waals surface area (Å²) >= 11 is 0. The van der Waals surface area contributed by atoms with Gasteiger partial charge in [-0.3, -0.25) is 9.69 Å². The largest absolute Gasteiger partial charge is 0.464 e. The van der Waals surface area contributed by atoms with E-state index in [-0.39, 0.29) is 5.91 Å². The van der Waals surface area contributed by atoms with Crippen molar-refractivity contribution in [3.05, 3.63) is 35.1 Å². The summed E-state index contributed by atoms with van der Waals surface area (Å²) < 4.78 is 10.9. The number of rotatable bonds is 5. The molecular formula is C20H26N2O3. The van der Waals surface area contributed by atoms with Gasteiger partial charge in [-0.15, -0.1) is 0 Å². The zero-order valence-corrected chi connectivity index (χ0v) is 14.9. The second-order valence-corrected chi connectivity index (χ2v) is 7.12. The van der Waals surface area contributed by atoms with Crippen molar-refractivity contribution in [3.8, 4) is 0 Å². The molecule has 5 nitrogen and oxygen atoms in total. The van der Waals surface area contributed by atoms with Crippen molar-refractivity contribution in [2.24, 2.45) is 0 Å². The van der Waals surface area contributed by atoms with Crippen LogP contribution >= 0.6 is 0 Å². The van der Waals surface area contributed by atoms with E-state index < -0.39 is 0 Å². The van der Waals surface area contributed by atoms with E-state index in [9.17, 15) is 4.79 Å². The number of aryl methyl sites for hydroxylation is 2. The lowest BCUT2D eigenvalue weighted by atomic mass is 10.0. The summed E-state index contributed by atoms with van der Waals surface area (Å²) in [6.45, 7) is 5.14. The average molecular weight is 342 g/mol. The van der Waals surface area contributed by atoms with Crippen LogP contribution in [0.15, 0.2) is 22.8 Å². The first kappa shape index (κ1) is 16.6. The van der Waals surface area contributed by atoms with Gasteiger partial charge in [-0.05, 0) is 42.5 Å². The second-order valence-electron chi connectivity index (χ2n) is 7.12. The number of methoxy groups -OCH3 is 1. The Kier molecular flexibility index (Phi) is 4.77. The third-order valence-electron chi connectivity index (χ3n) is 5.55. The molecule has 1 aromatic carbocycles. The molecule has 1 aliphatic carbocycles. The van der Waals surface area contributed by atoms with Crippen LogP contribution in [-0.2, 0) is 28.8 Å². The molecule has 0 unspecified atom stereocenters. The zero-order chi connectivity index (χ0) is 17.2. The van der Waals surface area contributed by atoms with E-state index in [2.05, 4.69) is 17.0 Å². The molecule has 1 saturated heterocycles. The Morgan fingerprint density at radius 1 is 1.16 bits per heavy atom. The van der Waals surface area contributed by atoms with E-state index in [0.717, 1.165) is 68.7 Å². The van der Waals surface area contributed by atoms with Gasteiger partial charge in [0.2, 0.25) is 5.91 Å². The monoisotopic (exact) mass is 342 g/mol. The van der Waals surface area contributed by atoms with Crippen molar-refractivity contribution in [1.29, 1.82) is 0 Å².